The van der Waals surface area contributed by atoms with E-state index in [1.54, 1.807) is 4.90 Å². The minimum absolute atomic E-state index is 0.258. The summed E-state index contributed by atoms with van der Waals surface area (Å²) < 4.78 is 0. The number of nitrogens with one attached hydrogen (secondary N) is 1. The van der Waals surface area contributed by atoms with Crippen molar-refractivity contribution in [2.24, 2.45) is 11.7 Å². The average molecular weight is 344 g/mol. The monoisotopic (exact) mass is 344 g/mol. The molecule has 6 nitrogen and oxygen atoms in total. The first-order valence-corrected chi connectivity index (χ1v) is 9.25. The summed E-state index contributed by atoms with van der Waals surface area (Å²) in [5.74, 6) is 0.376. The smallest absolute Gasteiger partial charge is 0.309 e. The zero-order valence-corrected chi connectivity index (χ0v) is 14.9. The van der Waals surface area contributed by atoms with Crippen LogP contribution in [0.15, 0.2) is 30.3 Å². The fourth-order valence-electron chi connectivity index (χ4n) is 3.97. The zero-order valence-electron chi connectivity index (χ0n) is 14.9. The van der Waals surface area contributed by atoms with Crippen LogP contribution in [-0.4, -0.2) is 53.6 Å². The molecule has 0 spiro atoms. The summed E-state index contributed by atoms with van der Waals surface area (Å²) in [4.78, 5) is 28.1. The molecule has 136 valence electrons. The van der Waals surface area contributed by atoms with E-state index in [-0.39, 0.29) is 11.9 Å². The van der Waals surface area contributed by atoms with Crippen molar-refractivity contribution < 1.29 is 9.59 Å². The molecule has 0 saturated carbocycles. The molecule has 1 aromatic rings. The van der Waals surface area contributed by atoms with Crippen molar-refractivity contribution in [3.63, 3.8) is 0 Å². The van der Waals surface area contributed by atoms with E-state index in [9.17, 15) is 9.59 Å². The predicted molar refractivity (Wildman–Crippen MR) is 96.7 cm³/mol. The number of imide groups is 1. The Morgan fingerprint density at radius 3 is 2.48 bits per heavy atom. The molecule has 6 heteroatoms. The van der Waals surface area contributed by atoms with Gasteiger partial charge in [0.15, 0.2) is 0 Å². The van der Waals surface area contributed by atoms with Crippen molar-refractivity contribution in [3.8, 4) is 0 Å². The first kappa shape index (κ1) is 17.9. The zero-order chi connectivity index (χ0) is 17.8. The summed E-state index contributed by atoms with van der Waals surface area (Å²) >= 11 is 0. The molecule has 0 aliphatic carbocycles. The molecular weight excluding hydrogens is 316 g/mol. The normalized spacial score (nSPS) is 25.9. The Morgan fingerprint density at radius 1 is 1.16 bits per heavy atom. The largest absolute Gasteiger partial charge is 0.325 e. The van der Waals surface area contributed by atoms with Gasteiger partial charge in [0.05, 0.1) is 0 Å². The van der Waals surface area contributed by atoms with E-state index in [4.69, 9.17) is 5.73 Å². The van der Waals surface area contributed by atoms with Crippen LogP contribution >= 0.6 is 0 Å². The van der Waals surface area contributed by atoms with Crippen molar-refractivity contribution in [2.75, 3.05) is 19.6 Å². The Balaban J connectivity index is 1.59. The quantitative estimate of drug-likeness (QED) is 0.850. The molecular formula is C19H28N4O2. The average Bonchev–Trinajstić information content (AvgIpc) is 2.61. The predicted octanol–water partition coefficient (Wildman–Crippen LogP) is 1.56. The molecule has 25 heavy (non-hydrogen) atoms. The van der Waals surface area contributed by atoms with Crippen molar-refractivity contribution in [1.29, 1.82) is 0 Å². The number of rotatable bonds is 5. The van der Waals surface area contributed by atoms with Gasteiger partial charge in [-0.3, -0.25) is 15.0 Å². The molecule has 2 aliphatic rings. The Labute approximate surface area is 149 Å². The van der Waals surface area contributed by atoms with Gasteiger partial charge in [0.25, 0.3) is 0 Å². The first-order chi connectivity index (χ1) is 12.1. The third-order valence-electron chi connectivity index (χ3n) is 5.32. The molecule has 3 amide bonds. The van der Waals surface area contributed by atoms with E-state index < -0.39 is 12.2 Å². The highest BCUT2D eigenvalue weighted by Crippen LogP contribution is 2.25. The van der Waals surface area contributed by atoms with E-state index in [0.717, 1.165) is 38.8 Å². The minimum Gasteiger partial charge on any atom is -0.309 e. The molecule has 1 aromatic carbocycles. The lowest BCUT2D eigenvalue weighted by molar-refractivity contribution is -0.130. The van der Waals surface area contributed by atoms with Crippen LogP contribution in [-0.2, 0) is 11.2 Å². The number of piperidine rings is 1. The number of benzene rings is 1. The van der Waals surface area contributed by atoms with Crippen molar-refractivity contribution in [1.82, 2.24) is 15.1 Å². The third kappa shape index (κ3) is 4.02. The highest BCUT2D eigenvalue weighted by Gasteiger charge is 2.43. The molecule has 2 saturated heterocycles. The molecule has 0 radical (unpaired) electrons. The third-order valence-corrected chi connectivity index (χ3v) is 5.32. The Bertz CT molecular complexity index is 599. The summed E-state index contributed by atoms with van der Waals surface area (Å²) in [5, 5.41) is 2.47. The molecule has 2 aliphatic heterocycles. The topological polar surface area (TPSA) is 78.7 Å². The highest BCUT2D eigenvalue weighted by molar-refractivity contribution is 6.00. The lowest BCUT2D eigenvalue weighted by atomic mass is 9.89. The van der Waals surface area contributed by atoms with Gasteiger partial charge in [0.2, 0.25) is 5.91 Å². The van der Waals surface area contributed by atoms with E-state index in [1.165, 1.54) is 5.56 Å². The Morgan fingerprint density at radius 2 is 1.84 bits per heavy atom. The van der Waals surface area contributed by atoms with Gasteiger partial charge < -0.3 is 10.6 Å². The molecule has 2 unspecified atom stereocenters. The van der Waals surface area contributed by atoms with Gasteiger partial charge in [-0.15, -0.1) is 0 Å². The van der Waals surface area contributed by atoms with Crippen LogP contribution in [0.4, 0.5) is 4.79 Å². The number of likely N-dealkylation sites (tertiary alicyclic amines) is 1. The number of amides is 3. The second-order valence-electron chi connectivity index (χ2n) is 7.09. The van der Waals surface area contributed by atoms with Gasteiger partial charge in [0, 0.05) is 6.54 Å². The van der Waals surface area contributed by atoms with Crippen LogP contribution in [0.25, 0.3) is 0 Å². The molecule has 2 atom stereocenters. The lowest BCUT2D eigenvalue weighted by Crippen LogP contribution is -2.71. The van der Waals surface area contributed by atoms with Crippen LogP contribution in [0.5, 0.6) is 0 Å². The number of hydrogen-bond acceptors (Lipinski definition) is 4. The summed E-state index contributed by atoms with van der Waals surface area (Å²) in [6.07, 6.45) is 3.44. The second-order valence-corrected chi connectivity index (χ2v) is 7.09. The Hall–Kier alpha value is -1.92. The summed E-state index contributed by atoms with van der Waals surface area (Å²) in [7, 11) is 0. The van der Waals surface area contributed by atoms with E-state index in [1.807, 2.05) is 13.0 Å². The van der Waals surface area contributed by atoms with Crippen molar-refractivity contribution in [3.05, 3.63) is 35.9 Å². The fraction of sp³-hybridized carbons (Fsp3) is 0.579. The number of nitrogens with zero attached hydrogens (tertiary/aromatic N) is 2. The number of carbonyl (C=O) groups excluding carboxylic acids is 2. The molecule has 0 bridgehead atoms. The maximum absolute atomic E-state index is 12.4. The lowest BCUT2D eigenvalue weighted by Gasteiger charge is -2.45. The van der Waals surface area contributed by atoms with Gasteiger partial charge in [-0.05, 0) is 50.3 Å². The van der Waals surface area contributed by atoms with Crippen molar-refractivity contribution in [2.45, 2.75) is 44.8 Å². The van der Waals surface area contributed by atoms with E-state index in [2.05, 4.69) is 34.5 Å². The number of urea groups is 1. The molecule has 3 rings (SSSR count). The molecule has 3 N–H and O–H groups in total. The molecule has 0 aromatic heterocycles. The summed E-state index contributed by atoms with van der Waals surface area (Å²) in [6, 6.07) is 9.73. The maximum atomic E-state index is 12.4. The molecule has 2 heterocycles. The van der Waals surface area contributed by atoms with Crippen molar-refractivity contribution >= 4 is 11.9 Å². The number of carbonyl (C=O) groups is 2. The minimum atomic E-state index is -0.563. The Kier molecular flexibility index (Phi) is 5.71. The van der Waals surface area contributed by atoms with Crippen LogP contribution in [0.2, 0.25) is 0 Å². The molecule has 2 fully saturated rings. The van der Waals surface area contributed by atoms with Crippen LogP contribution in [0.3, 0.4) is 0 Å². The standard InChI is InChI=1S/C19H28N4O2/c1-2-10-23-17(20)16(18(24)21-19(23)25)22-11-8-15(9-12-22)13-14-6-4-3-5-7-14/h3-7,15-17H,2,8-13,20H2,1H3,(H,21,24,25). The van der Waals surface area contributed by atoms with Gasteiger partial charge in [-0.1, -0.05) is 37.3 Å². The van der Waals surface area contributed by atoms with E-state index >= 15 is 0 Å². The highest BCUT2D eigenvalue weighted by atomic mass is 16.2. The SMILES string of the molecule is CCCN1C(=O)NC(=O)C(N2CCC(Cc3ccccc3)CC2)C1N. The van der Waals surface area contributed by atoms with Gasteiger partial charge >= 0.3 is 6.03 Å². The maximum Gasteiger partial charge on any atom is 0.325 e. The summed E-state index contributed by atoms with van der Waals surface area (Å²) in [5.41, 5.74) is 7.65. The van der Waals surface area contributed by atoms with Crippen LogP contribution < -0.4 is 11.1 Å². The first-order valence-electron chi connectivity index (χ1n) is 9.25. The van der Waals surface area contributed by atoms with Gasteiger partial charge in [-0.25, -0.2) is 4.79 Å². The fourth-order valence-corrected chi connectivity index (χ4v) is 3.97. The van der Waals surface area contributed by atoms with Gasteiger partial charge in [0.1, 0.15) is 12.2 Å². The van der Waals surface area contributed by atoms with Crippen LogP contribution in [0, 0.1) is 5.92 Å². The number of hydrogen-bond donors (Lipinski definition) is 2. The van der Waals surface area contributed by atoms with Gasteiger partial charge in [-0.2, -0.15) is 0 Å². The summed E-state index contributed by atoms with van der Waals surface area (Å²) in [6.45, 7) is 4.26. The second kappa shape index (κ2) is 7.97. The van der Waals surface area contributed by atoms with E-state index in [0.29, 0.717) is 12.5 Å². The van der Waals surface area contributed by atoms with Crippen LogP contribution in [0.1, 0.15) is 31.7 Å². The number of nitrogens with two attached hydrogens (primary N) is 1.